The van der Waals surface area contributed by atoms with Crippen LogP contribution in [0.1, 0.15) is 69.0 Å². The Bertz CT molecular complexity index is 2610. The second-order valence-corrected chi connectivity index (χ2v) is 16.7. The highest BCUT2D eigenvalue weighted by molar-refractivity contribution is 6.25. The normalized spacial score (nSPS) is 17.4. The minimum absolute atomic E-state index is 0.0388. The molecule has 67 heavy (non-hydrogen) atoms. The molecule has 354 valence electrons. The van der Waals surface area contributed by atoms with E-state index in [-0.39, 0.29) is 42.2 Å². The fourth-order valence-corrected chi connectivity index (χ4v) is 8.57. The number of rotatable bonds is 24. The maximum atomic E-state index is 13.2. The number of piperidine rings is 1. The van der Waals surface area contributed by atoms with Crippen molar-refractivity contribution >= 4 is 68.8 Å². The van der Waals surface area contributed by atoms with E-state index < -0.39 is 29.7 Å². The molecule has 0 aliphatic carbocycles. The first-order chi connectivity index (χ1) is 32.6. The Morgan fingerprint density at radius 1 is 0.851 bits per heavy atom. The molecule has 5 N–H and O–H groups in total. The zero-order valence-corrected chi connectivity index (χ0v) is 37.5. The van der Waals surface area contributed by atoms with Crippen LogP contribution in [0.2, 0.25) is 0 Å². The van der Waals surface area contributed by atoms with E-state index in [0.717, 1.165) is 58.6 Å². The minimum atomic E-state index is -1.02. The summed E-state index contributed by atoms with van der Waals surface area (Å²) in [6, 6.07) is 15.1. The number of benzene rings is 3. The molecule has 3 aromatic carbocycles. The molecule has 8 rings (SSSR count). The molecule has 0 spiro atoms. The highest BCUT2D eigenvalue weighted by Gasteiger charge is 2.45. The first-order valence-corrected chi connectivity index (χ1v) is 22.7. The highest BCUT2D eigenvalue weighted by Crippen LogP contribution is 2.32. The molecule has 0 saturated carbocycles. The summed E-state index contributed by atoms with van der Waals surface area (Å²) >= 11 is 0. The number of aryl methyl sites for hydroxylation is 1. The number of anilines is 2. The van der Waals surface area contributed by atoms with Gasteiger partial charge >= 0.3 is 0 Å². The highest BCUT2D eigenvalue weighted by atomic mass is 16.6. The molecule has 0 bridgehead atoms. The van der Waals surface area contributed by atoms with Gasteiger partial charge in [0.25, 0.3) is 17.7 Å². The van der Waals surface area contributed by atoms with E-state index in [4.69, 9.17) is 23.9 Å². The van der Waals surface area contributed by atoms with Crippen LogP contribution in [0.25, 0.3) is 21.9 Å². The summed E-state index contributed by atoms with van der Waals surface area (Å²) in [7, 11) is 1.87. The number of hydrogen-bond acceptors (Lipinski definition) is 14. The third-order valence-electron chi connectivity index (χ3n) is 12.0. The van der Waals surface area contributed by atoms with Crippen LogP contribution in [0.15, 0.2) is 60.8 Å². The van der Waals surface area contributed by atoms with Crippen molar-refractivity contribution in [3.63, 3.8) is 0 Å². The van der Waals surface area contributed by atoms with E-state index in [0.29, 0.717) is 95.3 Å². The van der Waals surface area contributed by atoms with Gasteiger partial charge in [0.15, 0.2) is 0 Å². The lowest BCUT2D eigenvalue weighted by atomic mass is 10.0. The van der Waals surface area contributed by atoms with Crippen LogP contribution >= 0.6 is 0 Å². The van der Waals surface area contributed by atoms with Gasteiger partial charge in [-0.1, -0.05) is 6.07 Å². The smallest absolute Gasteiger partial charge is 0.264 e. The van der Waals surface area contributed by atoms with Gasteiger partial charge in [-0.05, 0) is 80.3 Å². The van der Waals surface area contributed by atoms with Crippen LogP contribution in [-0.4, -0.2) is 150 Å². The number of likely N-dealkylation sites (tertiary alicyclic amines) is 1. The predicted octanol–water partition coefficient (Wildman–Crippen LogP) is 3.00. The zero-order valence-electron chi connectivity index (χ0n) is 37.5. The van der Waals surface area contributed by atoms with Crippen molar-refractivity contribution < 1.29 is 47.7 Å². The zero-order chi connectivity index (χ0) is 46.7. The summed E-state index contributed by atoms with van der Waals surface area (Å²) in [6.45, 7) is 6.44. The van der Waals surface area contributed by atoms with Gasteiger partial charge in [-0.15, -0.1) is 0 Å². The lowest BCUT2D eigenvalue weighted by molar-refractivity contribution is -0.136. The Hall–Kier alpha value is -6.58. The van der Waals surface area contributed by atoms with Crippen LogP contribution in [0.5, 0.6) is 0 Å². The largest absolute Gasteiger partial charge is 0.382 e. The van der Waals surface area contributed by atoms with Crippen molar-refractivity contribution in [3.05, 3.63) is 83.3 Å². The molecule has 5 aromatic rings. The van der Waals surface area contributed by atoms with E-state index in [2.05, 4.69) is 36.2 Å². The molecule has 2 aromatic heterocycles. The van der Waals surface area contributed by atoms with Crippen molar-refractivity contribution in [2.75, 3.05) is 89.7 Å². The van der Waals surface area contributed by atoms with E-state index in [1.807, 2.05) is 37.4 Å². The van der Waals surface area contributed by atoms with Crippen LogP contribution < -0.4 is 21.3 Å². The fourth-order valence-electron chi connectivity index (χ4n) is 8.57. The average molecular weight is 921 g/mol. The summed E-state index contributed by atoms with van der Waals surface area (Å²) < 4.78 is 24.1. The van der Waals surface area contributed by atoms with Crippen LogP contribution in [0.4, 0.5) is 11.4 Å². The van der Waals surface area contributed by atoms with E-state index in [1.54, 1.807) is 35.1 Å². The van der Waals surface area contributed by atoms with Crippen molar-refractivity contribution in [2.45, 2.75) is 44.7 Å². The Morgan fingerprint density at radius 3 is 2.42 bits per heavy atom. The lowest BCUT2D eigenvalue weighted by Gasteiger charge is -2.27. The summed E-state index contributed by atoms with van der Waals surface area (Å²) in [5, 5.41) is 16.5. The SMILES string of the molecule is Cn1ncc2cc(C(=O)Nc3ccc4[nH]c(CN5CCC(CCNC(=O)CCOCCOCCOCCOCCNc6cccc7c6C(=O)N(C6CCC(=O)NC6=O)C7=O)C5)nc4c3)ccc21. The van der Waals surface area contributed by atoms with Crippen LogP contribution in [-0.2, 0) is 46.9 Å². The number of H-pyrrole nitrogens is 1. The Kier molecular flexibility index (Phi) is 15.6. The van der Waals surface area contributed by atoms with Gasteiger partial charge < -0.3 is 39.9 Å². The predicted molar refractivity (Wildman–Crippen MR) is 245 cm³/mol. The summed E-state index contributed by atoms with van der Waals surface area (Å²) in [4.78, 5) is 87.0. The molecule has 3 aliphatic rings. The second kappa shape index (κ2) is 22.3. The molecule has 0 radical (unpaired) electrons. The number of amides is 6. The molecule has 2 atom stereocenters. The van der Waals surface area contributed by atoms with Crippen molar-refractivity contribution in [1.82, 2.24) is 40.2 Å². The Morgan fingerprint density at radius 2 is 1.63 bits per heavy atom. The molecule has 2 unspecified atom stereocenters. The van der Waals surface area contributed by atoms with Crippen LogP contribution in [0.3, 0.4) is 0 Å². The van der Waals surface area contributed by atoms with Gasteiger partial charge in [0.05, 0.1) is 93.3 Å². The van der Waals surface area contributed by atoms with Crippen molar-refractivity contribution in [3.8, 4) is 0 Å². The minimum Gasteiger partial charge on any atom is -0.382 e. The second-order valence-electron chi connectivity index (χ2n) is 16.7. The van der Waals surface area contributed by atoms with Gasteiger partial charge in [-0.2, -0.15) is 5.10 Å². The number of aromatic amines is 1. The molecule has 2 saturated heterocycles. The maximum Gasteiger partial charge on any atom is 0.264 e. The summed E-state index contributed by atoms with van der Waals surface area (Å²) in [5.41, 5.74) is 4.78. The third-order valence-corrected chi connectivity index (χ3v) is 12.0. The number of ether oxygens (including phenoxy) is 4. The number of carbonyl (C=O) groups excluding carboxylic acids is 6. The number of hydrogen-bond donors (Lipinski definition) is 5. The van der Waals surface area contributed by atoms with E-state index in [1.165, 1.54) is 0 Å². The standard InChI is InChI=1S/C47H56N10O10/c1-55-38-8-5-31(25-32(38)27-50-55)44(60)51-33-6-7-35-37(26-33)53-40(52-35)29-56-16-12-30(28-56)11-14-49-41(58)13-17-64-19-21-66-23-24-67-22-20-65-18-15-48-36-4-2-3-34-43(36)47(63)57(46(34)62)39-9-10-42(59)54-45(39)61/h2-8,25-27,30,39,48H,9-24,28-29H2,1H3,(H,49,58)(H,51,60)(H,52,53)(H,54,59,61). The number of carbonyl (C=O) groups is 6. The van der Waals surface area contributed by atoms with Gasteiger partial charge in [-0.25, -0.2) is 4.98 Å². The third kappa shape index (κ3) is 11.9. The fraction of sp³-hybridized carbons (Fsp3) is 0.447. The van der Waals surface area contributed by atoms with Crippen LogP contribution in [0, 0.1) is 5.92 Å². The van der Waals surface area contributed by atoms with E-state index in [9.17, 15) is 28.8 Å². The maximum absolute atomic E-state index is 13.2. The number of aromatic nitrogens is 4. The van der Waals surface area contributed by atoms with Gasteiger partial charge in [-0.3, -0.25) is 48.6 Å². The quantitative estimate of drug-likeness (QED) is 0.0442. The molecular formula is C47H56N10O10. The molecule has 5 heterocycles. The molecule has 6 amide bonds. The number of imide groups is 2. The first kappa shape index (κ1) is 46.9. The molecule has 3 aliphatic heterocycles. The van der Waals surface area contributed by atoms with Crippen molar-refractivity contribution in [2.24, 2.45) is 13.0 Å². The monoisotopic (exact) mass is 920 g/mol. The summed E-state index contributed by atoms with van der Waals surface area (Å²) in [5.74, 6) is -1.07. The van der Waals surface area contributed by atoms with Gasteiger partial charge in [0.1, 0.15) is 11.9 Å². The number of fused-ring (bicyclic) bond motifs is 3. The number of nitrogens with zero attached hydrogens (tertiary/aromatic N) is 5. The Balaban J connectivity index is 0.609. The average Bonchev–Trinajstić information content (AvgIpc) is 4.10. The lowest BCUT2D eigenvalue weighted by Crippen LogP contribution is -2.54. The molecule has 20 heteroatoms. The first-order valence-electron chi connectivity index (χ1n) is 22.7. The molecule has 20 nitrogen and oxygen atoms in total. The Labute approximate surface area is 386 Å². The van der Waals surface area contributed by atoms with Gasteiger partial charge in [0.2, 0.25) is 17.7 Å². The number of nitrogens with one attached hydrogen (secondary N) is 5. The molecule has 2 fully saturated rings. The number of imidazole rings is 1. The molecular weight excluding hydrogens is 865 g/mol. The van der Waals surface area contributed by atoms with E-state index >= 15 is 0 Å². The summed E-state index contributed by atoms with van der Waals surface area (Å²) in [6.07, 6.45) is 4.14. The topological polar surface area (TPSA) is 240 Å². The van der Waals surface area contributed by atoms with Gasteiger partial charge in [0, 0.05) is 61.8 Å². The van der Waals surface area contributed by atoms with Crippen molar-refractivity contribution in [1.29, 1.82) is 0 Å².